The van der Waals surface area contributed by atoms with Crippen LogP contribution in [0.5, 0.6) is 0 Å². The number of carbonyl (C=O) groups excluding carboxylic acids is 1. The number of fused-ring (bicyclic) bond motifs is 1. The van der Waals surface area contributed by atoms with E-state index in [0.717, 1.165) is 44.5 Å². The topological polar surface area (TPSA) is 45.2 Å². The number of aromatic nitrogens is 1. The third kappa shape index (κ3) is 3.74. The monoisotopic (exact) mass is 335 g/mol. The van der Waals surface area contributed by atoms with Gasteiger partial charge in [0.05, 0.1) is 5.56 Å². The first-order chi connectivity index (χ1) is 12.3. The third-order valence-electron chi connectivity index (χ3n) is 5.37. The van der Waals surface area contributed by atoms with E-state index in [9.17, 15) is 4.79 Å². The van der Waals surface area contributed by atoms with Crippen LogP contribution < -0.4 is 5.32 Å². The highest BCUT2D eigenvalue weighted by atomic mass is 16.2. The number of nitrogens with zero attached hydrogens (tertiary/aromatic N) is 2. The minimum Gasteiger partial charge on any atom is -0.334 e. The first kappa shape index (κ1) is 16.3. The van der Waals surface area contributed by atoms with Crippen molar-refractivity contribution in [3.05, 3.63) is 65.0 Å². The van der Waals surface area contributed by atoms with Gasteiger partial charge in [0, 0.05) is 25.5 Å². The largest absolute Gasteiger partial charge is 0.334 e. The lowest BCUT2D eigenvalue weighted by Crippen LogP contribution is -2.30. The van der Waals surface area contributed by atoms with Crippen LogP contribution in [0.1, 0.15) is 39.9 Å². The van der Waals surface area contributed by atoms with Gasteiger partial charge in [-0.25, -0.2) is 0 Å². The van der Waals surface area contributed by atoms with Gasteiger partial charge in [-0.05, 0) is 67.4 Å². The number of hydrogen-bond donors (Lipinski definition) is 1. The van der Waals surface area contributed by atoms with E-state index < -0.39 is 0 Å². The number of hydrogen-bond acceptors (Lipinski definition) is 3. The molecular weight excluding hydrogens is 310 g/mol. The van der Waals surface area contributed by atoms with Crippen molar-refractivity contribution in [2.75, 3.05) is 19.6 Å². The number of amides is 1. The van der Waals surface area contributed by atoms with Crippen LogP contribution in [-0.4, -0.2) is 35.4 Å². The summed E-state index contributed by atoms with van der Waals surface area (Å²) < 4.78 is 0. The average molecular weight is 335 g/mol. The molecule has 4 nitrogen and oxygen atoms in total. The molecule has 2 aromatic rings. The zero-order valence-electron chi connectivity index (χ0n) is 14.6. The molecule has 4 rings (SSSR count). The molecule has 130 valence electrons. The minimum absolute atomic E-state index is 0.107. The van der Waals surface area contributed by atoms with Gasteiger partial charge in [-0.2, -0.15) is 0 Å². The van der Waals surface area contributed by atoms with E-state index in [1.807, 2.05) is 17.2 Å². The van der Waals surface area contributed by atoms with E-state index in [-0.39, 0.29) is 5.91 Å². The standard InChI is InChI=1S/C21H25N3O/c25-21(24-9-3-6-18-4-1-2-5-19(18)15-24)20-11-17(13-23-14-20)10-16-7-8-22-12-16/h1-2,4-5,11,13-14,16,22H,3,6-10,12,15H2. The van der Waals surface area contributed by atoms with Crippen LogP contribution in [0.2, 0.25) is 0 Å². The molecule has 1 unspecified atom stereocenters. The lowest BCUT2D eigenvalue weighted by molar-refractivity contribution is 0.0745. The van der Waals surface area contributed by atoms with Crippen LogP contribution in [-0.2, 0) is 19.4 Å². The van der Waals surface area contributed by atoms with E-state index in [2.05, 4.69) is 34.6 Å². The number of nitrogens with one attached hydrogen (secondary N) is 1. The summed E-state index contributed by atoms with van der Waals surface area (Å²) in [6.45, 7) is 3.68. The molecule has 3 heterocycles. The zero-order chi connectivity index (χ0) is 17.1. The number of pyridine rings is 1. The summed E-state index contributed by atoms with van der Waals surface area (Å²) in [5, 5.41) is 3.40. The van der Waals surface area contributed by atoms with Crippen molar-refractivity contribution in [1.82, 2.24) is 15.2 Å². The summed E-state index contributed by atoms with van der Waals surface area (Å²) in [6.07, 6.45) is 7.91. The second-order valence-electron chi connectivity index (χ2n) is 7.24. The highest BCUT2D eigenvalue weighted by Gasteiger charge is 2.21. The predicted octanol–water partition coefficient (Wildman–Crippen LogP) is 2.82. The van der Waals surface area contributed by atoms with Crippen molar-refractivity contribution in [2.45, 2.75) is 32.2 Å². The Hall–Kier alpha value is -2.20. The molecule has 0 saturated carbocycles. The molecule has 25 heavy (non-hydrogen) atoms. The Bertz CT molecular complexity index is 752. The molecule has 0 radical (unpaired) electrons. The SMILES string of the molecule is O=C(c1cncc(CC2CCNC2)c1)N1CCCc2ccccc2C1. The van der Waals surface area contributed by atoms with E-state index >= 15 is 0 Å². The van der Waals surface area contributed by atoms with Gasteiger partial charge in [-0.1, -0.05) is 24.3 Å². The number of rotatable bonds is 3. The highest BCUT2D eigenvalue weighted by molar-refractivity contribution is 5.94. The molecule has 1 saturated heterocycles. The van der Waals surface area contributed by atoms with E-state index in [1.165, 1.54) is 23.1 Å². The normalized spacial score (nSPS) is 20.2. The molecule has 1 aromatic carbocycles. The molecule has 1 amide bonds. The van der Waals surface area contributed by atoms with Gasteiger partial charge in [0.25, 0.3) is 5.91 Å². The van der Waals surface area contributed by atoms with Gasteiger partial charge in [0.1, 0.15) is 0 Å². The van der Waals surface area contributed by atoms with E-state index in [1.54, 1.807) is 6.20 Å². The molecule has 4 heteroatoms. The van der Waals surface area contributed by atoms with Crippen LogP contribution in [0.15, 0.2) is 42.7 Å². The van der Waals surface area contributed by atoms with Gasteiger partial charge in [-0.3, -0.25) is 9.78 Å². The fourth-order valence-electron chi connectivity index (χ4n) is 3.99. The van der Waals surface area contributed by atoms with Gasteiger partial charge in [-0.15, -0.1) is 0 Å². The molecular formula is C21H25N3O. The summed E-state index contributed by atoms with van der Waals surface area (Å²) in [7, 11) is 0. The maximum Gasteiger partial charge on any atom is 0.255 e. The molecule has 1 atom stereocenters. The number of aryl methyl sites for hydroxylation is 1. The third-order valence-corrected chi connectivity index (χ3v) is 5.37. The molecule has 0 spiro atoms. The van der Waals surface area contributed by atoms with Crippen LogP contribution in [0.4, 0.5) is 0 Å². The molecule has 0 aliphatic carbocycles. The van der Waals surface area contributed by atoms with E-state index in [0.29, 0.717) is 12.5 Å². The van der Waals surface area contributed by atoms with Crippen LogP contribution in [0.3, 0.4) is 0 Å². The lowest BCUT2D eigenvalue weighted by Gasteiger charge is -2.21. The van der Waals surface area contributed by atoms with Crippen molar-refractivity contribution in [3.63, 3.8) is 0 Å². The van der Waals surface area contributed by atoms with Crippen molar-refractivity contribution in [1.29, 1.82) is 0 Å². The first-order valence-electron chi connectivity index (χ1n) is 9.30. The molecule has 2 aliphatic rings. The average Bonchev–Trinajstić information content (AvgIpc) is 3.05. The van der Waals surface area contributed by atoms with Crippen LogP contribution >= 0.6 is 0 Å². The van der Waals surface area contributed by atoms with E-state index in [4.69, 9.17) is 0 Å². The summed E-state index contributed by atoms with van der Waals surface area (Å²) in [6, 6.07) is 10.5. The second-order valence-corrected chi connectivity index (χ2v) is 7.24. The number of benzene rings is 1. The maximum atomic E-state index is 13.0. The van der Waals surface area contributed by atoms with Crippen molar-refractivity contribution >= 4 is 5.91 Å². The Labute approximate surface area is 149 Å². The molecule has 0 bridgehead atoms. The Morgan fingerprint density at radius 1 is 1.24 bits per heavy atom. The smallest absolute Gasteiger partial charge is 0.255 e. The highest BCUT2D eigenvalue weighted by Crippen LogP contribution is 2.21. The molecule has 1 fully saturated rings. The Kier molecular flexibility index (Phi) is 4.79. The van der Waals surface area contributed by atoms with Crippen molar-refractivity contribution < 1.29 is 4.79 Å². The van der Waals surface area contributed by atoms with Gasteiger partial charge >= 0.3 is 0 Å². The number of carbonyl (C=O) groups is 1. The fourth-order valence-corrected chi connectivity index (χ4v) is 3.99. The quantitative estimate of drug-likeness (QED) is 0.938. The molecule has 2 aliphatic heterocycles. The van der Waals surface area contributed by atoms with Gasteiger partial charge in [0.15, 0.2) is 0 Å². The van der Waals surface area contributed by atoms with Crippen LogP contribution in [0, 0.1) is 5.92 Å². The van der Waals surface area contributed by atoms with Gasteiger partial charge < -0.3 is 10.2 Å². The fraction of sp³-hybridized carbons (Fsp3) is 0.429. The lowest BCUT2D eigenvalue weighted by atomic mass is 9.99. The Balaban J connectivity index is 1.50. The van der Waals surface area contributed by atoms with Gasteiger partial charge in [0.2, 0.25) is 0 Å². The zero-order valence-corrected chi connectivity index (χ0v) is 14.6. The van der Waals surface area contributed by atoms with Crippen molar-refractivity contribution in [3.8, 4) is 0 Å². The summed E-state index contributed by atoms with van der Waals surface area (Å²) >= 11 is 0. The summed E-state index contributed by atoms with van der Waals surface area (Å²) in [4.78, 5) is 19.3. The summed E-state index contributed by atoms with van der Waals surface area (Å²) in [5.74, 6) is 0.771. The maximum absolute atomic E-state index is 13.0. The van der Waals surface area contributed by atoms with Crippen LogP contribution in [0.25, 0.3) is 0 Å². The molecule has 1 N–H and O–H groups in total. The van der Waals surface area contributed by atoms with Crippen molar-refractivity contribution in [2.24, 2.45) is 5.92 Å². The first-order valence-corrected chi connectivity index (χ1v) is 9.30. The Morgan fingerprint density at radius 3 is 2.96 bits per heavy atom. The molecule has 1 aromatic heterocycles. The minimum atomic E-state index is 0.107. The Morgan fingerprint density at radius 2 is 2.12 bits per heavy atom. The second kappa shape index (κ2) is 7.36. The predicted molar refractivity (Wildman–Crippen MR) is 98.4 cm³/mol. The summed E-state index contributed by atoms with van der Waals surface area (Å²) in [5.41, 5.74) is 4.55.